The monoisotopic (exact) mass is 336 g/mol. The Morgan fingerprint density at radius 1 is 1.00 bits per heavy atom. The van der Waals surface area contributed by atoms with Crippen LogP contribution in [0.15, 0.2) is 30.3 Å². The molecule has 0 N–H and O–H groups in total. The third-order valence-electron chi connectivity index (χ3n) is 4.07. The summed E-state index contributed by atoms with van der Waals surface area (Å²) < 4.78 is 5.64. The molecule has 2 aromatic carbocycles. The van der Waals surface area contributed by atoms with Crippen molar-refractivity contribution in [2.75, 3.05) is 0 Å². The first-order chi connectivity index (χ1) is 10.8. The molecule has 0 radical (unpaired) electrons. The molecule has 0 amide bonds. The second kappa shape index (κ2) is 8.86. The molecule has 0 heterocycles. The van der Waals surface area contributed by atoms with Crippen LogP contribution >= 0.6 is 8.58 Å². The molecule has 1 atom stereocenters. The number of carbonyl (C=O) groups is 1. The van der Waals surface area contributed by atoms with Crippen molar-refractivity contribution < 1.29 is 29.8 Å². The van der Waals surface area contributed by atoms with Gasteiger partial charge in [0.2, 0.25) is 0 Å². The number of carbonyl (C=O) groups excluding carboxylic acids is 1. The van der Waals surface area contributed by atoms with Crippen molar-refractivity contribution in [2.24, 2.45) is 0 Å². The van der Waals surface area contributed by atoms with E-state index in [0.29, 0.717) is 0 Å². The summed E-state index contributed by atoms with van der Waals surface area (Å²) in [5.41, 5.74) is 5.73. The summed E-state index contributed by atoms with van der Waals surface area (Å²) in [6, 6.07) is 9.96. The average Bonchev–Trinajstić information content (AvgIpc) is 2.46. The largest absolute Gasteiger partial charge is 1.00 e. The van der Waals surface area contributed by atoms with Gasteiger partial charge in [-0.3, -0.25) is 4.79 Å². The summed E-state index contributed by atoms with van der Waals surface area (Å²) in [6.07, 6.45) is 0.158. The van der Waals surface area contributed by atoms with Gasteiger partial charge in [-0.05, 0) is 89.8 Å². The molecule has 0 aliphatic rings. The number of hydrogen-bond acceptors (Lipinski definition) is 2. The van der Waals surface area contributed by atoms with Gasteiger partial charge in [-0.2, -0.15) is 0 Å². The van der Waals surface area contributed by atoms with Crippen molar-refractivity contribution in [3.05, 3.63) is 58.1 Å². The fraction of sp³-hybridized carbons (Fsp3) is 0.350. The number of rotatable bonds is 5. The fourth-order valence-corrected chi connectivity index (χ4v) is 3.82. The van der Waals surface area contributed by atoms with Gasteiger partial charge in [0.1, 0.15) is 5.75 Å². The third-order valence-corrected chi connectivity index (χ3v) is 5.17. The summed E-state index contributed by atoms with van der Waals surface area (Å²) in [5.74, 6) is 0.847. The maximum Gasteiger partial charge on any atom is 1.00 e. The van der Waals surface area contributed by atoms with Gasteiger partial charge in [0.25, 0.3) is 0 Å². The van der Waals surface area contributed by atoms with Crippen molar-refractivity contribution in [3.8, 4) is 5.75 Å². The minimum Gasteiger partial charge on any atom is -1.00 e. The number of ether oxygens (including phenoxy) is 1. The van der Waals surface area contributed by atoms with Gasteiger partial charge < -0.3 is 6.16 Å². The van der Waals surface area contributed by atoms with Gasteiger partial charge in [-0.15, -0.1) is 0 Å². The molecule has 0 spiro atoms. The van der Waals surface area contributed by atoms with Crippen LogP contribution in [-0.2, 0) is 0 Å². The Labute approximate surface area is 160 Å². The van der Waals surface area contributed by atoms with E-state index in [-0.39, 0.29) is 40.5 Å². The van der Waals surface area contributed by atoms with Crippen LogP contribution in [0.25, 0.3) is 0 Å². The minimum absolute atomic E-state index is 0. The van der Waals surface area contributed by atoms with E-state index in [1.165, 1.54) is 11.1 Å². The SMILES string of the molecule is Cc1cc(C)c(C(=O)Pc2ccc(OC(C)C)cc2)c(C)c1C.[H-].[Li+]. The maximum atomic E-state index is 12.8. The minimum atomic E-state index is 0. The maximum absolute atomic E-state index is 12.8. The first-order valence-electron chi connectivity index (χ1n) is 7.95. The topological polar surface area (TPSA) is 26.3 Å². The molecule has 4 heteroatoms. The Hall–Kier alpha value is -1.06. The summed E-state index contributed by atoms with van der Waals surface area (Å²) in [4.78, 5) is 12.8. The Kier molecular flexibility index (Phi) is 7.75. The zero-order chi connectivity index (χ0) is 17.1. The summed E-state index contributed by atoms with van der Waals surface area (Å²) in [7, 11) is 0.139. The zero-order valence-corrected chi connectivity index (χ0v) is 16.8. The fourth-order valence-electron chi connectivity index (χ4n) is 2.72. The second-order valence-corrected chi connectivity index (χ2v) is 7.56. The van der Waals surface area contributed by atoms with Crippen molar-refractivity contribution in [1.82, 2.24) is 0 Å². The molecule has 0 aliphatic carbocycles. The van der Waals surface area contributed by atoms with Crippen LogP contribution in [0.2, 0.25) is 0 Å². The quantitative estimate of drug-likeness (QED) is 0.616. The molecule has 2 aromatic rings. The van der Waals surface area contributed by atoms with E-state index in [9.17, 15) is 4.79 Å². The Morgan fingerprint density at radius 2 is 1.58 bits per heavy atom. The van der Waals surface area contributed by atoms with Gasteiger partial charge in [0.05, 0.1) is 6.10 Å². The van der Waals surface area contributed by atoms with Gasteiger partial charge >= 0.3 is 18.9 Å². The van der Waals surface area contributed by atoms with E-state index in [0.717, 1.165) is 27.7 Å². The molecule has 0 fully saturated rings. The standard InChI is InChI=1S/C20H25O2P.Li.H/c1-12(2)22-17-7-9-18(10-8-17)23-20(21)19-14(4)11-13(3)15(5)16(19)6;;/h7-12,23H,1-6H3;;/q;+1;-1. The third kappa shape index (κ3) is 4.97. The molecule has 24 heavy (non-hydrogen) atoms. The smallest absolute Gasteiger partial charge is 1.00 e. The molecule has 0 aromatic heterocycles. The Balaban J connectivity index is 0.00000288. The van der Waals surface area contributed by atoms with Crippen LogP contribution in [0.1, 0.15) is 47.9 Å². The van der Waals surface area contributed by atoms with Gasteiger partial charge in [0.15, 0.2) is 5.52 Å². The average molecular weight is 336 g/mol. The van der Waals surface area contributed by atoms with Crippen LogP contribution in [0, 0.1) is 27.7 Å². The van der Waals surface area contributed by atoms with Crippen molar-refractivity contribution in [3.63, 3.8) is 0 Å². The van der Waals surface area contributed by atoms with Gasteiger partial charge in [-0.25, -0.2) is 0 Å². The van der Waals surface area contributed by atoms with E-state index in [2.05, 4.69) is 19.9 Å². The molecule has 0 saturated carbocycles. The zero-order valence-electron chi connectivity index (χ0n) is 16.8. The van der Waals surface area contributed by atoms with E-state index < -0.39 is 0 Å². The van der Waals surface area contributed by atoms with E-state index >= 15 is 0 Å². The van der Waals surface area contributed by atoms with Crippen molar-refractivity contribution >= 4 is 19.4 Å². The first-order valence-corrected chi connectivity index (χ1v) is 8.95. The van der Waals surface area contributed by atoms with E-state index in [1.54, 1.807) is 0 Å². The van der Waals surface area contributed by atoms with Crippen LogP contribution in [0.3, 0.4) is 0 Å². The number of hydrogen-bond donors (Lipinski definition) is 0. The predicted molar refractivity (Wildman–Crippen MR) is 101 cm³/mol. The molecular weight excluding hydrogens is 310 g/mol. The van der Waals surface area contributed by atoms with Crippen molar-refractivity contribution in [2.45, 2.75) is 47.6 Å². The van der Waals surface area contributed by atoms with E-state index in [1.807, 2.05) is 52.0 Å². The molecule has 0 bridgehead atoms. The second-order valence-electron chi connectivity index (χ2n) is 6.28. The number of benzene rings is 2. The van der Waals surface area contributed by atoms with Crippen LogP contribution in [-0.4, -0.2) is 11.6 Å². The number of aryl methyl sites for hydroxylation is 2. The van der Waals surface area contributed by atoms with Gasteiger partial charge in [0, 0.05) is 5.56 Å². The van der Waals surface area contributed by atoms with E-state index in [4.69, 9.17) is 4.74 Å². The van der Waals surface area contributed by atoms with Crippen LogP contribution in [0.5, 0.6) is 5.75 Å². The predicted octanol–water partition coefficient (Wildman–Crippen LogP) is 1.97. The van der Waals surface area contributed by atoms with Crippen LogP contribution < -0.4 is 28.9 Å². The molecular formula is C20H26LiO2P. The molecule has 2 rings (SSSR count). The first kappa shape index (κ1) is 21.0. The summed E-state index contributed by atoms with van der Waals surface area (Å²) in [5, 5.41) is 1.04. The molecule has 0 saturated heterocycles. The molecule has 2 nitrogen and oxygen atoms in total. The molecule has 124 valence electrons. The summed E-state index contributed by atoms with van der Waals surface area (Å²) in [6.45, 7) is 12.3. The Morgan fingerprint density at radius 3 is 2.12 bits per heavy atom. The Bertz CT molecular complexity index is 727. The van der Waals surface area contributed by atoms with Gasteiger partial charge in [-0.1, -0.05) is 18.2 Å². The van der Waals surface area contributed by atoms with Crippen molar-refractivity contribution in [1.29, 1.82) is 0 Å². The molecule has 1 unspecified atom stereocenters. The summed E-state index contributed by atoms with van der Waals surface area (Å²) >= 11 is 0. The van der Waals surface area contributed by atoms with Crippen LogP contribution in [0.4, 0.5) is 0 Å². The normalized spacial score (nSPS) is 11.0. The molecule has 0 aliphatic heterocycles.